The van der Waals surface area contributed by atoms with Gasteiger partial charge in [-0.2, -0.15) is 10.4 Å². The van der Waals surface area contributed by atoms with Crippen molar-refractivity contribution in [2.24, 2.45) is 0 Å². The SMILES string of the molecule is N#C/C(=C\c1cnn(Cc2ccccc2)c1)C(=O)[O-]. The molecule has 2 aromatic rings. The van der Waals surface area contributed by atoms with Crippen molar-refractivity contribution in [2.75, 3.05) is 0 Å². The number of aromatic nitrogens is 2. The molecule has 1 heterocycles. The highest BCUT2D eigenvalue weighted by Gasteiger charge is 2.01. The molecule has 0 atom stereocenters. The third kappa shape index (κ3) is 3.30. The van der Waals surface area contributed by atoms with Crippen LogP contribution in [0.1, 0.15) is 11.1 Å². The van der Waals surface area contributed by atoms with Crippen molar-refractivity contribution >= 4 is 12.0 Å². The topological polar surface area (TPSA) is 81.7 Å². The van der Waals surface area contributed by atoms with Gasteiger partial charge < -0.3 is 9.90 Å². The van der Waals surface area contributed by atoms with Crippen LogP contribution in [0.2, 0.25) is 0 Å². The maximum absolute atomic E-state index is 10.6. The number of nitrogens with zero attached hydrogens (tertiary/aromatic N) is 3. The van der Waals surface area contributed by atoms with Crippen LogP contribution in [-0.2, 0) is 11.3 Å². The molecule has 0 N–H and O–H groups in total. The Kier molecular flexibility index (Phi) is 3.74. The van der Waals surface area contributed by atoms with E-state index in [1.54, 1.807) is 16.9 Å². The van der Waals surface area contributed by atoms with E-state index in [2.05, 4.69) is 5.10 Å². The summed E-state index contributed by atoms with van der Waals surface area (Å²) in [5, 5.41) is 23.3. The van der Waals surface area contributed by atoms with Gasteiger partial charge in [0, 0.05) is 11.8 Å². The maximum atomic E-state index is 10.6. The Morgan fingerprint density at radius 3 is 2.79 bits per heavy atom. The molecule has 5 nitrogen and oxygen atoms in total. The summed E-state index contributed by atoms with van der Waals surface area (Å²) in [5.41, 5.74) is 1.22. The predicted molar refractivity (Wildman–Crippen MR) is 66.4 cm³/mol. The fourth-order valence-corrected chi connectivity index (χ4v) is 1.61. The Bertz CT molecular complexity index is 651. The van der Waals surface area contributed by atoms with E-state index in [0.29, 0.717) is 12.1 Å². The van der Waals surface area contributed by atoms with Crippen LogP contribution in [0.25, 0.3) is 6.08 Å². The fraction of sp³-hybridized carbons (Fsp3) is 0.0714. The molecular formula is C14H10N3O2-. The second-order valence-corrected chi connectivity index (χ2v) is 3.91. The third-order valence-electron chi connectivity index (χ3n) is 2.49. The van der Waals surface area contributed by atoms with Gasteiger partial charge in [-0.15, -0.1) is 0 Å². The van der Waals surface area contributed by atoms with Crippen molar-refractivity contribution in [1.82, 2.24) is 9.78 Å². The van der Waals surface area contributed by atoms with Gasteiger partial charge in [-0.05, 0) is 11.6 Å². The highest BCUT2D eigenvalue weighted by Crippen LogP contribution is 2.07. The number of hydrogen-bond acceptors (Lipinski definition) is 4. The van der Waals surface area contributed by atoms with Crippen LogP contribution in [0.3, 0.4) is 0 Å². The molecule has 0 aliphatic heterocycles. The number of carbonyl (C=O) groups is 1. The highest BCUT2D eigenvalue weighted by molar-refractivity contribution is 5.94. The number of carbonyl (C=O) groups excluding carboxylic acids is 1. The van der Waals surface area contributed by atoms with E-state index >= 15 is 0 Å². The van der Waals surface area contributed by atoms with Crippen LogP contribution in [0.5, 0.6) is 0 Å². The molecule has 0 radical (unpaired) electrons. The van der Waals surface area contributed by atoms with Crippen LogP contribution in [0.4, 0.5) is 0 Å². The van der Waals surface area contributed by atoms with Gasteiger partial charge in [-0.3, -0.25) is 4.68 Å². The Hall–Kier alpha value is -2.87. The van der Waals surface area contributed by atoms with E-state index in [1.807, 2.05) is 30.3 Å². The molecule has 0 aliphatic rings. The summed E-state index contributed by atoms with van der Waals surface area (Å²) in [7, 11) is 0. The molecule has 0 unspecified atom stereocenters. The number of rotatable bonds is 4. The maximum Gasteiger partial charge on any atom is 0.101 e. The van der Waals surface area contributed by atoms with Crippen molar-refractivity contribution in [3.05, 3.63) is 59.4 Å². The lowest BCUT2D eigenvalue weighted by atomic mass is 10.2. The predicted octanol–water partition coefficient (Wildman–Crippen LogP) is 0.588. The van der Waals surface area contributed by atoms with Crippen molar-refractivity contribution < 1.29 is 9.90 Å². The molecular weight excluding hydrogens is 242 g/mol. The second kappa shape index (κ2) is 5.65. The normalized spacial score (nSPS) is 11.0. The summed E-state index contributed by atoms with van der Waals surface area (Å²) in [6, 6.07) is 11.3. The highest BCUT2D eigenvalue weighted by atomic mass is 16.4. The van der Waals surface area contributed by atoms with Crippen molar-refractivity contribution in [1.29, 1.82) is 5.26 Å². The van der Waals surface area contributed by atoms with Crippen LogP contribution in [-0.4, -0.2) is 15.7 Å². The molecule has 0 saturated heterocycles. The van der Waals surface area contributed by atoms with Gasteiger partial charge in [0.15, 0.2) is 0 Å². The number of aliphatic carboxylic acids is 1. The van der Waals surface area contributed by atoms with Crippen LogP contribution >= 0.6 is 0 Å². The largest absolute Gasteiger partial charge is 0.544 e. The summed E-state index contributed by atoms with van der Waals surface area (Å²) in [6.45, 7) is 0.585. The van der Waals surface area contributed by atoms with Gasteiger partial charge in [-0.1, -0.05) is 30.3 Å². The number of carboxylic acid groups (broad SMARTS) is 1. The molecule has 0 saturated carbocycles. The first kappa shape index (κ1) is 12.6. The molecule has 0 amide bonds. The number of nitriles is 1. The molecule has 94 valence electrons. The minimum absolute atomic E-state index is 0.417. The standard InChI is InChI=1S/C14H11N3O2/c15-7-13(14(18)19)6-12-8-16-17(10-12)9-11-4-2-1-3-5-11/h1-6,8,10H,9H2,(H,18,19)/p-1/b13-6+. The first-order chi connectivity index (χ1) is 9.19. The first-order valence-electron chi connectivity index (χ1n) is 5.58. The van der Waals surface area contributed by atoms with Gasteiger partial charge in [-0.25, -0.2) is 0 Å². The zero-order chi connectivity index (χ0) is 13.7. The van der Waals surface area contributed by atoms with E-state index in [-0.39, 0.29) is 0 Å². The molecule has 0 spiro atoms. The fourth-order valence-electron chi connectivity index (χ4n) is 1.61. The molecule has 0 aliphatic carbocycles. The third-order valence-corrected chi connectivity index (χ3v) is 2.49. The summed E-state index contributed by atoms with van der Waals surface area (Å²) >= 11 is 0. The summed E-state index contributed by atoms with van der Waals surface area (Å²) < 4.78 is 1.67. The van der Waals surface area contributed by atoms with E-state index in [0.717, 1.165) is 5.56 Å². The Morgan fingerprint density at radius 1 is 1.42 bits per heavy atom. The molecule has 2 rings (SSSR count). The first-order valence-corrected chi connectivity index (χ1v) is 5.58. The van der Waals surface area contributed by atoms with E-state index < -0.39 is 11.5 Å². The average molecular weight is 252 g/mol. The quantitative estimate of drug-likeness (QED) is 0.589. The number of benzene rings is 1. The molecule has 0 fully saturated rings. The molecule has 1 aromatic heterocycles. The Morgan fingerprint density at radius 2 is 2.16 bits per heavy atom. The van der Waals surface area contributed by atoms with Crippen LogP contribution < -0.4 is 5.11 Å². The smallest absolute Gasteiger partial charge is 0.101 e. The molecule has 5 heteroatoms. The summed E-state index contributed by atoms with van der Waals surface area (Å²) in [5.74, 6) is -1.49. The van der Waals surface area contributed by atoms with Gasteiger partial charge in [0.25, 0.3) is 0 Å². The van der Waals surface area contributed by atoms with Crippen LogP contribution in [0.15, 0.2) is 48.3 Å². The zero-order valence-corrected chi connectivity index (χ0v) is 9.98. The lowest BCUT2D eigenvalue weighted by Crippen LogP contribution is -2.23. The zero-order valence-electron chi connectivity index (χ0n) is 9.98. The van der Waals surface area contributed by atoms with Crippen molar-refractivity contribution in [3.8, 4) is 6.07 Å². The summed E-state index contributed by atoms with van der Waals surface area (Å²) in [4.78, 5) is 10.6. The van der Waals surface area contributed by atoms with Gasteiger partial charge in [0.2, 0.25) is 0 Å². The lowest BCUT2D eigenvalue weighted by molar-refractivity contribution is -0.298. The second-order valence-electron chi connectivity index (χ2n) is 3.91. The number of hydrogen-bond donors (Lipinski definition) is 0. The Labute approximate surface area is 110 Å². The Balaban J connectivity index is 2.16. The lowest BCUT2D eigenvalue weighted by Gasteiger charge is -2.00. The van der Waals surface area contributed by atoms with E-state index in [1.165, 1.54) is 12.3 Å². The van der Waals surface area contributed by atoms with Gasteiger partial charge >= 0.3 is 0 Å². The minimum atomic E-state index is -1.49. The van der Waals surface area contributed by atoms with E-state index in [9.17, 15) is 9.90 Å². The minimum Gasteiger partial charge on any atom is -0.544 e. The van der Waals surface area contributed by atoms with Gasteiger partial charge in [0.1, 0.15) is 6.07 Å². The number of carboxylic acids is 1. The van der Waals surface area contributed by atoms with Crippen LogP contribution in [0, 0.1) is 11.3 Å². The van der Waals surface area contributed by atoms with Gasteiger partial charge in [0.05, 0.1) is 24.3 Å². The monoisotopic (exact) mass is 252 g/mol. The van der Waals surface area contributed by atoms with Crippen molar-refractivity contribution in [2.45, 2.75) is 6.54 Å². The van der Waals surface area contributed by atoms with E-state index in [4.69, 9.17) is 5.26 Å². The van der Waals surface area contributed by atoms with Crippen molar-refractivity contribution in [3.63, 3.8) is 0 Å². The summed E-state index contributed by atoms with van der Waals surface area (Å²) in [6.07, 6.45) is 4.42. The molecule has 19 heavy (non-hydrogen) atoms. The average Bonchev–Trinajstić information content (AvgIpc) is 2.84. The molecule has 0 bridgehead atoms. The molecule has 1 aromatic carbocycles.